The summed E-state index contributed by atoms with van der Waals surface area (Å²) in [7, 11) is 0. The number of thiophene rings is 1. The Morgan fingerprint density at radius 2 is 0.476 bits per heavy atom. The average molecular weight is 1630 g/mol. The van der Waals surface area contributed by atoms with Gasteiger partial charge in [0, 0.05) is 129 Å². The summed E-state index contributed by atoms with van der Waals surface area (Å²) in [6.07, 6.45) is 0. The largest absolute Gasteiger partial charge is 0.456 e. The van der Waals surface area contributed by atoms with E-state index in [1.807, 2.05) is 35.6 Å². The summed E-state index contributed by atoms with van der Waals surface area (Å²) in [4.78, 5) is 0. The minimum absolute atomic E-state index is 0.829. The third-order valence-corrected chi connectivity index (χ3v) is 26.7. The second kappa shape index (κ2) is 28.4. The molecule has 0 fully saturated rings. The Balaban J connectivity index is 0.000000101. The van der Waals surface area contributed by atoms with Crippen molar-refractivity contribution in [3.8, 4) is 56.9 Å². The van der Waals surface area contributed by atoms with Crippen molar-refractivity contribution in [1.29, 1.82) is 0 Å². The molecular weight excluding hydrogens is 1560 g/mol. The van der Waals surface area contributed by atoms with E-state index < -0.39 is 0 Å². The van der Waals surface area contributed by atoms with Crippen LogP contribution >= 0.6 is 11.3 Å². The van der Waals surface area contributed by atoms with Crippen molar-refractivity contribution >= 4 is 205 Å². The molecule has 0 saturated carbocycles. The highest BCUT2D eigenvalue weighted by atomic mass is 32.1. The zero-order valence-corrected chi connectivity index (χ0v) is 68.4. The zero-order chi connectivity index (χ0) is 82.6. The number of hydrogen-bond acceptors (Lipinski definition) is 8. The third kappa shape index (κ3) is 11.2. The average Bonchev–Trinajstić information content (AvgIpc) is 1.56. The molecule has 0 saturated heterocycles. The fraction of sp³-hybridized carbons (Fsp3) is 0. The Morgan fingerprint density at radius 3 is 0.929 bits per heavy atom. The molecule has 0 N–H and O–H groups in total. The minimum atomic E-state index is 0.829. The lowest BCUT2D eigenvalue weighted by Gasteiger charge is -2.13. The lowest BCUT2D eigenvalue weighted by molar-refractivity contribution is 0.669. The van der Waals surface area contributed by atoms with Crippen molar-refractivity contribution in [2.75, 3.05) is 0 Å². The molecule has 0 aliphatic rings. The van der Waals surface area contributed by atoms with E-state index >= 15 is 0 Å². The Morgan fingerprint density at radius 1 is 0.175 bits per heavy atom. The van der Waals surface area contributed by atoms with Gasteiger partial charge in [0.05, 0.1) is 44.1 Å². The number of aromatic nitrogens is 10. The molecule has 28 rings (SSSR count). The van der Waals surface area contributed by atoms with Gasteiger partial charge in [-0.05, 0) is 160 Å². The van der Waals surface area contributed by atoms with Crippen molar-refractivity contribution in [2.24, 2.45) is 0 Å². The predicted octanol–water partition coefficient (Wildman–Crippen LogP) is 30.0. The molecular formula is C114H68N10OS. The van der Waals surface area contributed by atoms with E-state index in [4.69, 9.17) is 35.0 Å². The second-order valence-electron chi connectivity index (χ2n) is 32.5. The maximum atomic E-state index is 6.07. The third-order valence-electron chi connectivity index (χ3n) is 25.5. The van der Waals surface area contributed by atoms with E-state index in [-0.39, 0.29) is 0 Å². The molecule has 0 unspecified atom stereocenters. The van der Waals surface area contributed by atoms with E-state index in [1.165, 1.54) is 107 Å². The first kappa shape index (κ1) is 71.0. The monoisotopic (exact) mass is 1620 g/mol. The molecule has 0 aliphatic carbocycles. The number of hydrogen-bond donors (Lipinski definition) is 0. The highest BCUT2D eigenvalue weighted by molar-refractivity contribution is 7.25. The van der Waals surface area contributed by atoms with E-state index in [0.29, 0.717) is 0 Å². The summed E-state index contributed by atoms with van der Waals surface area (Å²) in [5.74, 6) is 2.51. The first-order chi connectivity index (χ1) is 62.5. The van der Waals surface area contributed by atoms with Gasteiger partial charge in [-0.25, -0.2) is 0 Å². The lowest BCUT2D eigenvalue weighted by Crippen LogP contribution is -2.02. The molecule has 28 aromatic rings. The van der Waals surface area contributed by atoms with E-state index in [1.54, 1.807) is 0 Å². The topological polar surface area (TPSA) is 110 Å². The number of rotatable bonds is 7. The molecule has 586 valence electrons. The Hall–Kier alpha value is -16.8. The fourth-order valence-electron chi connectivity index (χ4n) is 19.8. The van der Waals surface area contributed by atoms with Crippen LogP contribution in [0.3, 0.4) is 0 Å². The van der Waals surface area contributed by atoms with E-state index in [0.717, 1.165) is 144 Å². The fourth-order valence-corrected chi connectivity index (χ4v) is 20.9. The number of para-hydroxylation sites is 6. The molecule has 0 aliphatic heterocycles. The Bertz CT molecular complexity index is 9070. The second-order valence-corrected chi connectivity index (χ2v) is 33.6. The maximum Gasteiger partial charge on any atom is 0.168 e. The van der Waals surface area contributed by atoms with Crippen LogP contribution in [0, 0.1) is 0 Å². The van der Waals surface area contributed by atoms with Crippen molar-refractivity contribution < 1.29 is 4.42 Å². The molecule has 0 radical (unpaired) electrons. The Kier molecular flexibility index (Phi) is 16.0. The van der Waals surface area contributed by atoms with Crippen LogP contribution in [-0.4, -0.2) is 48.9 Å². The molecule has 9 heterocycles. The van der Waals surface area contributed by atoms with E-state index in [9.17, 15) is 0 Å². The highest BCUT2D eigenvalue weighted by Crippen LogP contribution is 2.46. The van der Waals surface area contributed by atoms with Crippen LogP contribution in [0.2, 0.25) is 0 Å². The zero-order valence-electron chi connectivity index (χ0n) is 67.5. The summed E-state index contributed by atoms with van der Waals surface area (Å²) >= 11 is 1.83. The van der Waals surface area contributed by atoms with Gasteiger partial charge in [0.1, 0.15) is 28.2 Å². The molecule has 11 nitrogen and oxygen atoms in total. The molecule has 9 aromatic heterocycles. The number of furan rings is 1. The minimum Gasteiger partial charge on any atom is -0.456 e. The molecule has 12 heteroatoms. The summed E-state index contributed by atoms with van der Waals surface area (Å²) in [6.45, 7) is 0. The molecule has 126 heavy (non-hydrogen) atoms. The number of nitrogens with zero attached hydrogens (tertiary/aromatic N) is 10. The number of benzene rings is 19. The molecule has 0 spiro atoms. The van der Waals surface area contributed by atoms with Crippen LogP contribution in [0.15, 0.2) is 417 Å². The molecule has 0 amide bonds. The van der Waals surface area contributed by atoms with Gasteiger partial charge in [-0.1, -0.05) is 285 Å². The molecule has 19 aromatic carbocycles. The lowest BCUT2D eigenvalue weighted by atomic mass is 10.0. The van der Waals surface area contributed by atoms with Crippen LogP contribution in [0.5, 0.6) is 0 Å². The Labute approximate surface area is 723 Å². The van der Waals surface area contributed by atoms with Crippen molar-refractivity contribution in [3.63, 3.8) is 0 Å². The summed E-state index contributed by atoms with van der Waals surface area (Å²) in [6, 6.07) is 146. The van der Waals surface area contributed by atoms with Crippen LogP contribution < -0.4 is 0 Å². The van der Waals surface area contributed by atoms with Gasteiger partial charge in [0.25, 0.3) is 0 Å². The van der Waals surface area contributed by atoms with Gasteiger partial charge in [-0.3, -0.25) is 13.7 Å². The van der Waals surface area contributed by atoms with Crippen LogP contribution in [0.25, 0.3) is 251 Å². The summed E-state index contributed by atoms with van der Waals surface area (Å²) in [5, 5.41) is 57.8. The van der Waals surface area contributed by atoms with Crippen LogP contribution in [0.1, 0.15) is 0 Å². The summed E-state index contributed by atoms with van der Waals surface area (Å²) in [5.41, 5.74) is 17.8. The first-order valence-electron chi connectivity index (χ1n) is 42.5. The maximum absolute atomic E-state index is 6.07. The van der Waals surface area contributed by atoms with Crippen molar-refractivity contribution in [3.05, 3.63) is 413 Å². The van der Waals surface area contributed by atoms with Crippen LogP contribution in [-0.2, 0) is 0 Å². The highest BCUT2D eigenvalue weighted by Gasteiger charge is 2.25. The molecule has 0 bridgehead atoms. The predicted molar refractivity (Wildman–Crippen MR) is 525 cm³/mol. The van der Waals surface area contributed by atoms with E-state index in [2.05, 4.69) is 407 Å². The summed E-state index contributed by atoms with van der Waals surface area (Å²) < 4.78 is 17.8. The van der Waals surface area contributed by atoms with Gasteiger partial charge < -0.3 is 8.98 Å². The SMILES string of the molecule is c1ccc(-n2c3ccccc3c3cc(-c4nnc(-n5c6ccccc6c6cc7ccccc7cc65)c5ccccc45)ccc32)cc1.c1ccc2cc3c(cc2c1)c1ccccc1n3-c1nnc(-c2ccc3oc4ccccc4c3c2)c2ccccc12.c1ccc2cc3c(cc2c1)c1ccccc1n3-c1nnc(-c2ccc3sc4ccccc4c3c2)c2ccccc12. The van der Waals surface area contributed by atoms with Crippen LogP contribution in [0.4, 0.5) is 0 Å². The van der Waals surface area contributed by atoms with Gasteiger partial charge in [-0.15, -0.1) is 41.9 Å². The number of fused-ring (bicyclic) bond motifs is 24. The quantitative estimate of drug-likeness (QED) is 0.156. The van der Waals surface area contributed by atoms with Gasteiger partial charge in [0.15, 0.2) is 17.5 Å². The standard InChI is InChI=1S/C42H26N4.C36H21N3O.C36H21N3S/c1-2-14-30(15-3-1)45-37-20-10-8-16-31(37)35-25-29(22-23-39(35)45)41-33-18-6-7-19-34(33)42(44-43-41)46-38-21-11-9-17-32(38)36-24-27-12-4-5-13-28(27)26-40(36)46;2*1-2-10-23-21-32-29(19-22(23)9-1)25-11-5-7-15-31(25)39(32)36-28-14-4-3-13-27(28)35(37-38-36)24-17-18-34-30(20-24)26-12-6-8-16-33(26)40-34/h1-26H;2*1-21H. The smallest absolute Gasteiger partial charge is 0.168 e. The van der Waals surface area contributed by atoms with Crippen molar-refractivity contribution in [2.45, 2.75) is 0 Å². The van der Waals surface area contributed by atoms with Gasteiger partial charge in [0.2, 0.25) is 0 Å². The van der Waals surface area contributed by atoms with Gasteiger partial charge >= 0.3 is 0 Å². The van der Waals surface area contributed by atoms with Gasteiger partial charge in [-0.2, -0.15) is 0 Å². The van der Waals surface area contributed by atoms with Crippen molar-refractivity contribution in [1.82, 2.24) is 48.9 Å². The first-order valence-corrected chi connectivity index (χ1v) is 43.3. The molecule has 0 atom stereocenters. The normalized spacial score (nSPS) is 12.0.